The Balaban J connectivity index is 2.11. The molecule has 0 aliphatic heterocycles. The molecule has 0 amide bonds. The molecule has 0 aliphatic carbocycles. The lowest BCUT2D eigenvalue weighted by atomic mass is 10.2. The third-order valence-electron chi connectivity index (χ3n) is 2.46. The number of hydrogen-bond donors (Lipinski definition) is 2. The highest BCUT2D eigenvalue weighted by atomic mass is 79.9. The third kappa shape index (κ3) is 2.24. The van der Waals surface area contributed by atoms with Crippen molar-refractivity contribution in [3.05, 3.63) is 39.8 Å². The summed E-state index contributed by atoms with van der Waals surface area (Å²) in [7, 11) is 0. The van der Waals surface area contributed by atoms with E-state index in [0.717, 1.165) is 28.1 Å². The van der Waals surface area contributed by atoms with Crippen LogP contribution in [0, 0.1) is 13.8 Å². The van der Waals surface area contributed by atoms with Gasteiger partial charge in [0.2, 0.25) is 0 Å². The summed E-state index contributed by atoms with van der Waals surface area (Å²) < 4.78 is 1.01. The van der Waals surface area contributed by atoms with Gasteiger partial charge in [-0.25, -0.2) is 4.98 Å². The number of halogens is 1. The number of aromatic amines is 1. The quantitative estimate of drug-likeness (QED) is 0.909. The molecule has 16 heavy (non-hydrogen) atoms. The van der Waals surface area contributed by atoms with Crippen molar-refractivity contribution in [1.82, 2.24) is 15.2 Å². The third-order valence-corrected chi connectivity index (χ3v) is 3.46. The smallest absolute Gasteiger partial charge is 0.140 e. The van der Waals surface area contributed by atoms with Crippen LogP contribution in [0.1, 0.15) is 16.8 Å². The van der Waals surface area contributed by atoms with E-state index in [-0.39, 0.29) is 0 Å². The molecule has 0 atom stereocenters. The molecule has 0 aliphatic rings. The highest BCUT2D eigenvalue weighted by Crippen LogP contribution is 2.23. The summed E-state index contributed by atoms with van der Waals surface area (Å²) in [4.78, 5) is 4.28. The molecule has 0 spiro atoms. The van der Waals surface area contributed by atoms with E-state index in [1.54, 1.807) is 6.20 Å². The van der Waals surface area contributed by atoms with Crippen LogP contribution < -0.4 is 5.32 Å². The van der Waals surface area contributed by atoms with Crippen LogP contribution in [-0.4, -0.2) is 15.2 Å². The number of nitrogens with zero attached hydrogens (tertiary/aromatic N) is 2. The highest BCUT2D eigenvalue weighted by molar-refractivity contribution is 9.10. The zero-order valence-electron chi connectivity index (χ0n) is 9.21. The molecule has 0 radical (unpaired) electrons. The summed E-state index contributed by atoms with van der Waals surface area (Å²) in [5.74, 6) is 0.862. The molecule has 0 bridgehead atoms. The van der Waals surface area contributed by atoms with Crippen molar-refractivity contribution in [2.75, 3.05) is 5.32 Å². The van der Waals surface area contributed by atoms with Crippen LogP contribution in [0.4, 0.5) is 5.82 Å². The lowest BCUT2D eigenvalue weighted by Gasteiger charge is -2.08. The lowest BCUT2D eigenvalue weighted by Crippen LogP contribution is -2.03. The maximum Gasteiger partial charge on any atom is 0.140 e. The van der Waals surface area contributed by atoms with Gasteiger partial charge in [-0.3, -0.25) is 5.10 Å². The maximum absolute atomic E-state index is 4.28. The standard InChI is InChI=1S/C11H13BrN4/c1-7-3-4-13-11(10(7)12)14-5-9-6-15-16-8(9)2/h3-4,6H,5H2,1-2H3,(H,13,14)(H,15,16). The summed E-state index contributed by atoms with van der Waals surface area (Å²) in [6.07, 6.45) is 3.62. The van der Waals surface area contributed by atoms with E-state index in [9.17, 15) is 0 Å². The van der Waals surface area contributed by atoms with Gasteiger partial charge in [0.1, 0.15) is 5.82 Å². The van der Waals surface area contributed by atoms with E-state index in [4.69, 9.17) is 0 Å². The number of H-pyrrole nitrogens is 1. The summed E-state index contributed by atoms with van der Waals surface area (Å²) in [5.41, 5.74) is 3.40. The van der Waals surface area contributed by atoms with Gasteiger partial charge in [-0.15, -0.1) is 0 Å². The minimum atomic E-state index is 0.720. The predicted octanol–water partition coefficient (Wildman–Crippen LogP) is 2.80. The fourth-order valence-electron chi connectivity index (χ4n) is 1.40. The van der Waals surface area contributed by atoms with E-state index in [1.807, 2.05) is 26.1 Å². The Morgan fingerprint density at radius 3 is 2.94 bits per heavy atom. The first-order valence-corrected chi connectivity index (χ1v) is 5.81. The van der Waals surface area contributed by atoms with Crippen LogP contribution in [0.25, 0.3) is 0 Å². The van der Waals surface area contributed by atoms with E-state index in [1.165, 1.54) is 5.56 Å². The van der Waals surface area contributed by atoms with Gasteiger partial charge >= 0.3 is 0 Å². The van der Waals surface area contributed by atoms with Gasteiger partial charge in [-0.2, -0.15) is 5.10 Å². The molecule has 0 unspecified atom stereocenters. The van der Waals surface area contributed by atoms with Gasteiger partial charge in [0.05, 0.1) is 10.7 Å². The normalized spacial score (nSPS) is 10.4. The van der Waals surface area contributed by atoms with Crippen molar-refractivity contribution < 1.29 is 0 Å². The van der Waals surface area contributed by atoms with E-state index >= 15 is 0 Å². The van der Waals surface area contributed by atoms with Crippen molar-refractivity contribution >= 4 is 21.7 Å². The monoisotopic (exact) mass is 280 g/mol. The van der Waals surface area contributed by atoms with E-state index < -0.39 is 0 Å². The van der Waals surface area contributed by atoms with Gasteiger partial charge in [-0.1, -0.05) is 0 Å². The van der Waals surface area contributed by atoms with E-state index in [2.05, 4.69) is 36.4 Å². The summed E-state index contributed by atoms with van der Waals surface area (Å²) in [6.45, 7) is 4.76. The molecule has 0 aromatic carbocycles. The van der Waals surface area contributed by atoms with Crippen molar-refractivity contribution in [2.45, 2.75) is 20.4 Å². The molecule has 2 rings (SSSR count). The topological polar surface area (TPSA) is 53.6 Å². The molecule has 2 aromatic heterocycles. The maximum atomic E-state index is 4.28. The first-order valence-electron chi connectivity index (χ1n) is 5.02. The molecule has 2 heterocycles. The second kappa shape index (κ2) is 4.65. The second-order valence-corrected chi connectivity index (χ2v) is 4.46. The average molecular weight is 281 g/mol. The Hall–Kier alpha value is -1.36. The van der Waals surface area contributed by atoms with Crippen molar-refractivity contribution in [3.8, 4) is 0 Å². The number of nitrogens with one attached hydrogen (secondary N) is 2. The summed E-state index contributed by atoms with van der Waals surface area (Å²) in [6, 6.07) is 1.97. The molecular formula is C11H13BrN4. The second-order valence-electron chi connectivity index (χ2n) is 3.66. The fourth-order valence-corrected chi connectivity index (χ4v) is 1.77. The average Bonchev–Trinajstić information content (AvgIpc) is 2.67. The Kier molecular flexibility index (Phi) is 3.24. The number of aryl methyl sites for hydroxylation is 2. The van der Waals surface area contributed by atoms with Crippen LogP contribution in [0.3, 0.4) is 0 Å². The Bertz CT molecular complexity index is 492. The number of rotatable bonds is 3. The Morgan fingerprint density at radius 2 is 2.25 bits per heavy atom. The van der Waals surface area contributed by atoms with Gasteiger partial charge in [-0.05, 0) is 41.4 Å². The molecule has 2 N–H and O–H groups in total. The summed E-state index contributed by atoms with van der Waals surface area (Å²) in [5, 5.41) is 10.2. The minimum Gasteiger partial charge on any atom is -0.365 e. The number of anilines is 1. The van der Waals surface area contributed by atoms with Crippen LogP contribution in [0.15, 0.2) is 22.9 Å². The zero-order valence-corrected chi connectivity index (χ0v) is 10.8. The molecule has 4 nitrogen and oxygen atoms in total. The molecule has 84 valence electrons. The van der Waals surface area contributed by atoms with Crippen molar-refractivity contribution in [1.29, 1.82) is 0 Å². The molecular weight excluding hydrogens is 268 g/mol. The molecule has 0 saturated carbocycles. The van der Waals surface area contributed by atoms with Gasteiger partial charge in [0, 0.05) is 24.0 Å². The fraction of sp³-hybridized carbons (Fsp3) is 0.273. The van der Waals surface area contributed by atoms with Gasteiger partial charge in [0.25, 0.3) is 0 Å². The molecule has 5 heteroatoms. The van der Waals surface area contributed by atoms with E-state index in [0.29, 0.717) is 0 Å². The van der Waals surface area contributed by atoms with Crippen molar-refractivity contribution in [2.24, 2.45) is 0 Å². The van der Waals surface area contributed by atoms with Crippen LogP contribution in [-0.2, 0) is 6.54 Å². The Morgan fingerprint density at radius 1 is 1.44 bits per heavy atom. The van der Waals surface area contributed by atoms with Crippen LogP contribution >= 0.6 is 15.9 Å². The first-order chi connectivity index (χ1) is 7.68. The minimum absolute atomic E-state index is 0.720. The first kappa shape index (κ1) is 11.1. The highest BCUT2D eigenvalue weighted by Gasteiger charge is 2.05. The SMILES string of the molecule is Cc1ccnc(NCc2cn[nH]c2C)c1Br. The molecule has 0 saturated heterocycles. The number of hydrogen-bond acceptors (Lipinski definition) is 3. The van der Waals surface area contributed by atoms with Gasteiger partial charge < -0.3 is 5.32 Å². The predicted molar refractivity (Wildman–Crippen MR) is 67.3 cm³/mol. The molecule has 0 fully saturated rings. The largest absolute Gasteiger partial charge is 0.365 e. The summed E-state index contributed by atoms with van der Waals surface area (Å²) >= 11 is 3.51. The number of pyridine rings is 1. The Labute approximate surface area is 103 Å². The number of aromatic nitrogens is 3. The zero-order chi connectivity index (χ0) is 11.5. The van der Waals surface area contributed by atoms with Crippen LogP contribution in [0.5, 0.6) is 0 Å². The van der Waals surface area contributed by atoms with Crippen molar-refractivity contribution in [3.63, 3.8) is 0 Å². The van der Waals surface area contributed by atoms with Gasteiger partial charge in [0.15, 0.2) is 0 Å². The lowest BCUT2D eigenvalue weighted by molar-refractivity contribution is 1.04. The van der Waals surface area contributed by atoms with Crippen LogP contribution in [0.2, 0.25) is 0 Å². The molecule has 2 aromatic rings.